The van der Waals surface area contributed by atoms with Gasteiger partial charge >= 0.3 is 0 Å². The molecule has 0 heterocycles. The molecule has 0 aliphatic carbocycles. The Morgan fingerprint density at radius 3 is 2.75 bits per heavy atom. The number of rotatable bonds is 2. The van der Waals surface area contributed by atoms with Crippen LogP contribution in [0.5, 0.6) is 0 Å². The van der Waals surface area contributed by atoms with Gasteiger partial charge < -0.3 is 5.73 Å². The predicted octanol–water partition coefficient (Wildman–Crippen LogP) is 2.54. The minimum absolute atomic E-state index is 0.0410. The van der Waals surface area contributed by atoms with Crippen molar-refractivity contribution in [3.63, 3.8) is 0 Å². The summed E-state index contributed by atoms with van der Waals surface area (Å²) in [4.78, 5) is 0. The zero-order valence-electron chi connectivity index (χ0n) is 7.47. The van der Waals surface area contributed by atoms with E-state index in [1.54, 1.807) is 13.0 Å². The first-order valence-corrected chi connectivity index (χ1v) is 4.17. The van der Waals surface area contributed by atoms with Crippen molar-refractivity contribution in [1.82, 2.24) is 0 Å². The lowest BCUT2D eigenvalue weighted by molar-refractivity contribution is 0.605. The van der Waals surface area contributed by atoms with Crippen LogP contribution in [0, 0.1) is 12.7 Å². The van der Waals surface area contributed by atoms with Crippen LogP contribution in [0.1, 0.15) is 30.5 Å². The Morgan fingerprint density at radius 2 is 2.17 bits per heavy atom. The van der Waals surface area contributed by atoms with Crippen LogP contribution < -0.4 is 5.73 Å². The highest BCUT2D eigenvalue weighted by molar-refractivity contribution is 5.29. The number of halogens is 1. The summed E-state index contributed by atoms with van der Waals surface area (Å²) < 4.78 is 13.0. The highest BCUT2D eigenvalue weighted by Gasteiger charge is 2.08. The molecule has 1 aromatic carbocycles. The van der Waals surface area contributed by atoms with Gasteiger partial charge in [0, 0.05) is 6.04 Å². The van der Waals surface area contributed by atoms with Gasteiger partial charge in [0.25, 0.3) is 0 Å². The molecular weight excluding hydrogens is 153 g/mol. The molecule has 0 unspecified atom stereocenters. The Bertz CT molecular complexity index is 271. The SMILES string of the molecule is CC[C@@H](N)c1cccc(F)c1C. The first kappa shape index (κ1) is 9.20. The molecule has 0 saturated heterocycles. The first-order chi connectivity index (χ1) is 5.66. The lowest BCUT2D eigenvalue weighted by Crippen LogP contribution is -2.10. The van der Waals surface area contributed by atoms with Gasteiger partial charge in [0.15, 0.2) is 0 Å². The van der Waals surface area contributed by atoms with E-state index in [1.165, 1.54) is 6.07 Å². The number of hydrogen-bond donors (Lipinski definition) is 1. The van der Waals surface area contributed by atoms with E-state index in [1.807, 2.05) is 13.0 Å². The molecule has 2 N–H and O–H groups in total. The average Bonchev–Trinajstić information content (AvgIpc) is 2.08. The summed E-state index contributed by atoms with van der Waals surface area (Å²) in [5.74, 6) is -0.170. The summed E-state index contributed by atoms with van der Waals surface area (Å²) in [7, 11) is 0. The van der Waals surface area contributed by atoms with E-state index in [9.17, 15) is 4.39 Å². The fourth-order valence-corrected chi connectivity index (χ4v) is 1.25. The normalized spacial score (nSPS) is 13.0. The summed E-state index contributed by atoms with van der Waals surface area (Å²) >= 11 is 0. The van der Waals surface area contributed by atoms with Crippen molar-refractivity contribution in [1.29, 1.82) is 0 Å². The predicted molar refractivity (Wildman–Crippen MR) is 48.4 cm³/mol. The highest BCUT2D eigenvalue weighted by atomic mass is 19.1. The van der Waals surface area contributed by atoms with Crippen LogP contribution in [0.15, 0.2) is 18.2 Å². The molecule has 0 fully saturated rings. The molecule has 1 nitrogen and oxygen atoms in total. The van der Waals surface area contributed by atoms with E-state index in [0.29, 0.717) is 5.56 Å². The van der Waals surface area contributed by atoms with Crippen molar-refractivity contribution < 1.29 is 4.39 Å². The molecule has 0 saturated carbocycles. The quantitative estimate of drug-likeness (QED) is 0.719. The fourth-order valence-electron chi connectivity index (χ4n) is 1.25. The second-order valence-electron chi connectivity index (χ2n) is 2.97. The number of hydrogen-bond acceptors (Lipinski definition) is 1. The summed E-state index contributed by atoms with van der Waals surface area (Å²) in [6, 6.07) is 5.00. The van der Waals surface area contributed by atoms with Gasteiger partial charge in [-0.15, -0.1) is 0 Å². The molecule has 2 heteroatoms. The molecule has 1 aromatic rings. The lowest BCUT2D eigenvalue weighted by atomic mass is 10.00. The molecule has 1 rings (SSSR count). The van der Waals surface area contributed by atoms with Crippen molar-refractivity contribution >= 4 is 0 Å². The van der Waals surface area contributed by atoms with Crippen LogP contribution in [0.4, 0.5) is 4.39 Å². The van der Waals surface area contributed by atoms with E-state index in [-0.39, 0.29) is 11.9 Å². The van der Waals surface area contributed by atoms with Gasteiger partial charge in [0.05, 0.1) is 0 Å². The van der Waals surface area contributed by atoms with E-state index in [4.69, 9.17) is 5.73 Å². The topological polar surface area (TPSA) is 26.0 Å². The summed E-state index contributed by atoms with van der Waals surface area (Å²) in [6.45, 7) is 3.76. The minimum Gasteiger partial charge on any atom is -0.324 e. The van der Waals surface area contributed by atoms with Crippen molar-refractivity contribution in [2.24, 2.45) is 5.73 Å². The van der Waals surface area contributed by atoms with Crippen molar-refractivity contribution in [3.05, 3.63) is 35.1 Å². The zero-order chi connectivity index (χ0) is 9.14. The van der Waals surface area contributed by atoms with Crippen molar-refractivity contribution in [2.45, 2.75) is 26.3 Å². The van der Waals surface area contributed by atoms with Crippen LogP contribution >= 0.6 is 0 Å². The Hall–Kier alpha value is -0.890. The number of benzene rings is 1. The maximum atomic E-state index is 13.0. The molecule has 0 amide bonds. The van der Waals surface area contributed by atoms with Gasteiger partial charge in [-0.25, -0.2) is 4.39 Å². The van der Waals surface area contributed by atoms with Gasteiger partial charge in [-0.05, 0) is 30.5 Å². The molecule has 66 valence electrons. The molecule has 0 bridgehead atoms. The monoisotopic (exact) mass is 167 g/mol. The molecule has 0 aromatic heterocycles. The molecule has 0 aliphatic heterocycles. The second kappa shape index (κ2) is 3.68. The maximum Gasteiger partial charge on any atom is 0.126 e. The van der Waals surface area contributed by atoms with Gasteiger partial charge in [-0.1, -0.05) is 19.1 Å². The molecule has 0 radical (unpaired) electrons. The van der Waals surface area contributed by atoms with Gasteiger partial charge in [0.1, 0.15) is 5.82 Å². The summed E-state index contributed by atoms with van der Waals surface area (Å²) in [5.41, 5.74) is 7.38. The highest BCUT2D eigenvalue weighted by Crippen LogP contribution is 2.19. The minimum atomic E-state index is -0.170. The Morgan fingerprint density at radius 1 is 1.50 bits per heavy atom. The van der Waals surface area contributed by atoms with E-state index in [0.717, 1.165) is 12.0 Å². The lowest BCUT2D eigenvalue weighted by Gasteiger charge is -2.12. The van der Waals surface area contributed by atoms with E-state index >= 15 is 0 Å². The molecule has 0 spiro atoms. The maximum absolute atomic E-state index is 13.0. The Balaban J connectivity index is 3.07. The summed E-state index contributed by atoms with van der Waals surface area (Å²) in [5, 5.41) is 0. The third-order valence-corrected chi connectivity index (χ3v) is 2.15. The van der Waals surface area contributed by atoms with E-state index < -0.39 is 0 Å². The van der Waals surface area contributed by atoms with Gasteiger partial charge in [-0.3, -0.25) is 0 Å². The Kier molecular flexibility index (Phi) is 2.82. The first-order valence-electron chi connectivity index (χ1n) is 4.17. The van der Waals surface area contributed by atoms with Crippen LogP contribution in [-0.4, -0.2) is 0 Å². The summed E-state index contributed by atoms with van der Waals surface area (Å²) in [6.07, 6.45) is 0.838. The van der Waals surface area contributed by atoms with Gasteiger partial charge in [0.2, 0.25) is 0 Å². The smallest absolute Gasteiger partial charge is 0.126 e. The van der Waals surface area contributed by atoms with E-state index in [2.05, 4.69) is 0 Å². The number of nitrogens with two attached hydrogens (primary N) is 1. The third kappa shape index (κ3) is 1.64. The second-order valence-corrected chi connectivity index (χ2v) is 2.97. The van der Waals surface area contributed by atoms with Crippen LogP contribution in [-0.2, 0) is 0 Å². The van der Waals surface area contributed by atoms with Gasteiger partial charge in [-0.2, -0.15) is 0 Å². The van der Waals surface area contributed by atoms with Crippen molar-refractivity contribution in [3.8, 4) is 0 Å². The molecule has 12 heavy (non-hydrogen) atoms. The van der Waals surface area contributed by atoms with Crippen LogP contribution in [0.25, 0.3) is 0 Å². The standard InChI is InChI=1S/C10H14FN/c1-3-10(12)8-5-4-6-9(11)7(8)2/h4-6,10H,3,12H2,1-2H3/t10-/m1/s1. The molecule has 1 atom stereocenters. The molecule has 0 aliphatic rings. The Labute approximate surface area is 72.4 Å². The third-order valence-electron chi connectivity index (χ3n) is 2.15. The van der Waals surface area contributed by atoms with Crippen molar-refractivity contribution in [2.75, 3.05) is 0 Å². The largest absolute Gasteiger partial charge is 0.324 e. The van der Waals surface area contributed by atoms with Crippen LogP contribution in [0.3, 0.4) is 0 Å². The molecular formula is C10H14FN. The zero-order valence-corrected chi connectivity index (χ0v) is 7.47. The van der Waals surface area contributed by atoms with Crippen LogP contribution in [0.2, 0.25) is 0 Å². The fraction of sp³-hybridized carbons (Fsp3) is 0.400. The average molecular weight is 167 g/mol.